The van der Waals surface area contributed by atoms with Gasteiger partial charge in [0.15, 0.2) is 0 Å². The minimum absolute atomic E-state index is 0.0460. The van der Waals surface area contributed by atoms with Crippen molar-refractivity contribution in [1.82, 2.24) is 39.6 Å². The molecule has 112 heavy (non-hydrogen) atoms. The van der Waals surface area contributed by atoms with E-state index in [1.54, 1.807) is 154 Å². The lowest BCUT2D eigenvalue weighted by Gasteiger charge is -2.32. The number of hydrogen-bond acceptors (Lipinski definition) is 23. The zero-order valence-electron chi connectivity index (χ0n) is 64.0. The van der Waals surface area contributed by atoms with Gasteiger partial charge in [0.05, 0.1) is 51.9 Å². The van der Waals surface area contributed by atoms with Gasteiger partial charge in [-0.15, -0.1) is 22.7 Å². The highest BCUT2D eigenvalue weighted by atomic mass is 32.1. The van der Waals surface area contributed by atoms with E-state index in [9.17, 15) is 48.5 Å². The molecule has 0 unspecified atom stereocenters. The van der Waals surface area contributed by atoms with Crippen molar-refractivity contribution in [3.63, 3.8) is 0 Å². The Morgan fingerprint density at radius 1 is 0.518 bits per heavy atom. The van der Waals surface area contributed by atoms with Crippen molar-refractivity contribution in [2.75, 3.05) is 192 Å². The Kier molecular flexibility index (Phi) is 36.8. The molecule has 0 saturated carbocycles. The minimum Gasteiger partial charge on any atom is -0.478 e. The van der Waals surface area contributed by atoms with Gasteiger partial charge < -0.3 is 91.7 Å². The summed E-state index contributed by atoms with van der Waals surface area (Å²) in [5.74, 6) is -1.97. The summed E-state index contributed by atoms with van der Waals surface area (Å²) in [7, 11) is 8.27. The molecule has 2 aromatic heterocycles. The van der Waals surface area contributed by atoms with Crippen LogP contribution in [0.15, 0.2) is 173 Å². The van der Waals surface area contributed by atoms with E-state index in [4.69, 9.17) is 30.8 Å². The number of nitrogens with one attached hydrogen (secondary N) is 5. The monoisotopic (exact) mass is 1570 g/mol. The number of nitrogen functional groups attached to an aromatic ring is 2. The number of anilines is 6. The van der Waals surface area contributed by atoms with Crippen LogP contribution in [0.2, 0.25) is 0 Å². The van der Waals surface area contributed by atoms with Crippen LogP contribution in [-0.2, 0) is 19.0 Å². The van der Waals surface area contributed by atoms with E-state index in [0.717, 1.165) is 99.5 Å². The van der Waals surface area contributed by atoms with Gasteiger partial charge in [0.2, 0.25) is 6.08 Å². The summed E-state index contributed by atoms with van der Waals surface area (Å²) in [5.41, 5.74) is 18.8. The molecule has 32 heteroatoms. The largest absolute Gasteiger partial charge is 0.478 e. The highest BCUT2D eigenvalue weighted by molar-refractivity contribution is 7.13. The van der Waals surface area contributed by atoms with E-state index >= 15 is 0 Å². The maximum absolute atomic E-state index is 12.7. The average molecular weight is 1570 g/mol. The number of benzene rings is 6. The number of nitro groups is 1. The Labute approximate surface area is 660 Å². The quantitative estimate of drug-likeness (QED) is 0.0125. The van der Waals surface area contributed by atoms with E-state index in [-0.39, 0.29) is 52.9 Å². The highest BCUT2D eigenvalue weighted by Gasteiger charge is 2.23. The molecule has 0 bridgehead atoms. The molecule has 8 aromatic rings. The van der Waals surface area contributed by atoms with Crippen LogP contribution in [0.1, 0.15) is 68.1 Å². The van der Waals surface area contributed by atoms with Crippen molar-refractivity contribution in [1.29, 1.82) is 0 Å². The van der Waals surface area contributed by atoms with Gasteiger partial charge in [-0.3, -0.25) is 14.9 Å². The molecule has 6 aromatic carbocycles. The second-order valence-electron chi connectivity index (χ2n) is 26.0. The number of carbonyl (C=O) groups excluding carboxylic acids is 7. The number of aliphatic imine (C=N–C) groups is 1. The Morgan fingerprint density at radius 3 is 1.26 bits per heavy atom. The molecule has 5 aliphatic heterocycles. The molecule has 7 amide bonds. The lowest BCUT2D eigenvalue weighted by Crippen LogP contribution is -2.48. The number of carboxylic acid groups (broad SMARTS) is 1. The zero-order valence-corrected chi connectivity index (χ0v) is 65.6. The molecule has 10 N–H and O–H groups in total. The number of esters is 2. The fraction of sp³-hybridized carbons (Fsp3) is 0.350. The standard InChI is InChI=1S/C23H25N5O2S.C15H21N3O3.C13H17N3O3.C10H8N2O2S.C10H9NO3.C5H12N2.C4H8O/c1-27-10-12-28(13-11-27)23(30)25-18-7-4-16(5-8-18)22(29)26-20-15-17(6-9-19(20)24)21-3-2-14-31-21;1-3-21-14(19)12-4-6-13(7-5-12)16-15(20)18-10-8-17(2)9-11-18;1-15-6-8-16(9-7-15)13(19)14-11-4-2-10(3-5-11)12(17)18;11-8-6-7(10-2-1-5-15-10)3-4-9(8)12(13)14;1-2-14-10(13)8-3-5-9(6-4-8)11-7-12;1-7-4-2-6-3-5-7;1-2-4-5-3-1/h2-9,14-15H,10-13,24H2,1H3,(H,25,30)(H,26,29);4-7H,3,8-11H2,1-2H3,(H,16,20);2-5H,6-9H2,1H3,(H,14,19)(H,17,18);1-6H,11H2;3-6H,2H2,1H3;6H,2-5H2,1H3;1-4H2. The number of nitrogens with zero attached hydrogens (tertiary/aromatic N) is 9. The molecule has 30 nitrogen and oxygen atoms in total. The Morgan fingerprint density at radius 2 is 0.911 bits per heavy atom. The molecule has 13 rings (SSSR count). The molecule has 0 spiro atoms. The third kappa shape index (κ3) is 30.1. The summed E-state index contributed by atoms with van der Waals surface area (Å²) in [5, 5.41) is 38.0. The number of isocyanates is 1. The second kappa shape index (κ2) is 46.9. The van der Waals surface area contributed by atoms with E-state index in [1.165, 1.54) is 50.2 Å². The summed E-state index contributed by atoms with van der Waals surface area (Å²) in [6.07, 6.45) is 3.97. The first kappa shape index (κ1) is 87.8. The number of aromatic carboxylic acids is 1. The minimum atomic E-state index is -0.975. The van der Waals surface area contributed by atoms with Gasteiger partial charge in [-0.25, -0.2) is 33.6 Å². The Balaban J connectivity index is 0.000000191. The third-order valence-corrected chi connectivity index (χ3v) is 19.5. The number of urea groups is 3. The van der Waals surface area contributed by atoms with E-state index in [0.29, 0.717) is 90.2 Å². The molecule has 7 heterocycles. The van der Waals surface area contributed by atoms with Crippen molar-refractivity contribution in [2.45, 2.75) is 26.7 Å². The van der Waals surface area contributed by atoms with Gasteiger partial charge in [0.1, 0.15) is 5.69 Å². The van der Waals surface area contributed by atoms with Crippen LogP contribution < -0.4 is 38.1 Å². The second-order valence-corrected chi connectivity index (χ2v) is 27.9. The summed E-state index contributed by atoms with van der Waals surface area (Å²) in [4.78, 5) is 122. The zero-order chi connectivity index (χ0) is 80.7. The first-order chi connectivity index (χ1) is 54.0. The SMILES string of the molecule is C1CCOC1.CCOC(=O)c1ccc(N=C=O)cc1.CCOC(=O)c1ccc(NC(=O)N2CCN(C)CC2)cc1.CN1CCN(C(=O)Nc2ccc(C(=O)Nc3cc(-c4cccs4)ccc3N)cc2)CC1.CN1CCN(C(=O)Nc2ccc(C(=O)O)cc2)CC1.CN1CCNCC1.Nc1cc(-c2cccs2)ccc1[N+](=O)[O-]. The van der Waals surface area contributed by atoms with Gasteiger partial charge in [0, 0.05) is 156 Å². The number of hydrogen-bond donors (Lipinski definition) is 8. The molecule has 5 saturated heterocycles. The summed E-state index contributed by atoms with van der Waals surface area (Å²) in [6.45, 7) is 20.4. The number of amides is 7. The van der Waals surface area contributed by atoms with Gasteiger partial charge in [0.25, 0.3) is 11.6 Å². The van der Waals surface area contributed by atoms with Crippen LogP contribution in [0, 0.1) is 10.1 Å². The van der Waals surface area contributed by atoms with Crippen molar-refractivity contribution < 1.29 is 62.6 Å². The van der Waals surface area contributed by atoms with Crippen LogP contribution in [0.3, 0.4) is 0 Å². The predicted octanol–water partition coefficient (Wildman–Crippen LogP) is 11.9. The molecule has 5 aliphatic rings. The lowest BCUT2D eigenvalue weighted by molar-refractivity contribution is -0.383. The van der Waals surface area contributed by atoms with Crippen molar-refractivity contribution >= 4 is 116 Å². The van der Waals surface area contributed by atoms with Crippen molar-refractivity contribution in [2.24, 2.45) is 4.99 Å². The van der Waals surface area contributed by atoms with Crippen molar-refractivity contribution in [3.05, 3.63) is 201 Å². The lowest BCUT2D eigenvalue weighted by atomic mass is 10.1. The first-order valence-electron chi connectivity index (χ1n) is 36.6. The maximum atomic E-state index is 12.7. The number of nitro benzene ring substituents is 1. The van der Waals surface area contributed by atoms with Crippen LogP contribution in [0.5, 0.6) is 0 Å². The number of likely N-dealkylation sites (N-methyl/N-ethyl adjacent to an activating group) is 4. The Bertz CT molecular complexity index is 4300. The maximum Gasteiger partial charge on any atom is 0.338 e. The van der Waals surface area contributed by atoms with Gasteiger partial charge in [-0.1, -0.05) is 18.2 Å². The fourth-order valence-corrected chi connectivity index (χ4v) is 12.4. The predicted molar refractivity (Wildman–Crippen MR) is 440 cm³/mol. The summed E-state index contributed by atoms with van der Waals surface area (Å²) >= 11 is 3.20. The number of nitrogens with two attached hydrogens (primary N) is 2. The molecule has 0 radical (unpaired) electrons. The van der Waals surface area contributed by atoms with Gasteiger partial charge >= 0.3 is 36.0 Å². The van der Waals surface area contributed by atoms with Crippen LogP contribution in [0.4, 0.5) is 59.9 Å². The number of carbonyl (C=O) groups is 7. The first-order valence-corrected chi connectivity index (χ1v) is 38.4. The van der Waals surface area contributed by atoms with Gasteiger partial charge in [-0.05, 0) is 210 Å². The molecular formula is C80H100N16O14S2. The molecular weight excluding hydrogens is 1470 g/mol. The Hall–Kier alpha value is -11.5. The molecule has 0 aliphatic carbocycles. The third-order valence-electron chi connectivity index (χ3n) is 17.7. The average Bonchev–Trinajstić information content (AvgIpc) is 1.51. The number of ether oxygens (including phenoxy) is 3. The van der Waals surface area contributed by atoms with E-state index in [2.05, 4.69) is 58.2 Å². The number of thiophene rings is 2. The molecule has 0 atom stereocenters. The van der Waals surface area contributed by atoms with Crippen LogP contribution in [-0.4, -0.2) is 252 Å². The van der Waals surface area contributed by atoms with Crippen LogP contribution in [0.25, 0.3) is 20.9 Å². The number of carboxylic acids is 1. The summed E-state index contributed by atoms with van der Waals surface area (Å²) in [6, 6.07) is 43.8. The smallest absolute Gasteiger partial charge is 0.338 e. The topological polar surface area (TPSA) is 375 Å². The molecule has 5 fully saturated rings. The molecule has 596 valence electrons. The number of rotatable bonds is 14. The normalized spacial score (nSPS) is 14.8. The van der Waals surface area contributed by atoms with Crippen molar-refractivity contribution in [3.8, 4) is 20.9 Å². The summed E-state index contributed by atoms with van der Waals surface area (Å²) < 4.78 is 14.6. The fourth-order valence-electron chi connectivity index (χ4n) is 10.9. The van der Waals surface area contributed by atoms with E-state index in [1.807, 2.05) is 68.3 Å². The van der Waals surface area contributed by atoms with E-state index < -0.39 is 10.9 Å². The van der Waals surface area contributed by atoms with Crippen LogP contribution >= 0.6 is 22.7 Å². The number of piperazine rings is 4. The highest BCUT2D eigenvalue weighted by Crippen LogP contribution is 2.32. The van der Waals surface area contributed by atoms with Gasteiger partial charge in [-0.2, -0.15) is 4.99 Å².